The maximum Gasteiger partial charge on any atom is 0.0931 e. The van der Waals surface area contributed by atoms with Crippen molar-refractivity contribution in [2.45, 2.75) is 69.4 Å². The van der Waals surface area contributed by atoms with E-state index in [0.717, 1.165) is 28.5 Å². The van der Waals surface area contributed by atoms with Gasteiger partial charge in [-0.15, -0.1) is 11.3 Å². The molecule has 1 aromatic rings. The lowest BCUT2D eigenvalue weighted by molar-refractivity contribution is 0.0868. The quantitative estimate of drug-likeness (QED) is 0.252. The summed E-state index contributed by atoms with van der Waals surface area (Å²) in [5.74, 6) is -0.263. The SMILES string of the molecule is OCC(O)CCC/C=C\C[C@@H]1[C@@H](/C=C/[C@@H](O)CCc2ccc(Cl)s2)[C@H](O)C[C@@H]1O. The smallest absolute Gasteiger partial charge is 0.0931 e. The van der Waals surface area contributed by atoms with Crippen LogP contribution >= 0.6 is 22.9 Å². The van der Waals surface area contributed by atoms with Gasteiger partial charge in [-0.2, -0.15) is 0 Å². The van der Waals surface area contributed by atoms with Crippen LogP contribution in [0.5, 0.6) is 0 Å². The Morgan fingerprint density at radius 3 is 2.62 bits per heavy atom. The van der Waals surface area contributed by atoms with Gasteiger partial charge in [0.05, 0.1) is 35.4 Å². The van der Waals surface area contributed by atoms with E-state index < -0.39 is 24.4 Å². The van der Waals surface area contributed by atoms with Crippen molar-refractivity contribution in [1.29, 1.82) is 0 Å². The third-order valence-electron chi connectivity index (χ3n) is 5.48. The van der Waals surface area contributed by atoms with E-state index in [0.29, 0.717) is 25.7 Å². The van der Waals surface area contributed by atoms with Crippen LogP contribution in [0.3, 0.4) is 0 Å². The standard InChI is InChI=1S/C22H33ClO5S/c23-22-12-10-17(29-22)9-7-15(25)8-11-19-18(20(27)13-21(19)28)6-4-2-1-3-5-16(26)14-24/h2,4,8,10-12,15-16,18-21,24-28H,1,3,5-7,9,13-14H2/b4-2-,11-8+/t15-,16?,18+,19+,20-,21+/m0/s1. The van der Waals surface area contributed by atoms with Crippen molar-refractivity contribution in [2.24, 2.45) is 11.8 Å². The minimum absolute atomic E-state index is 0.0798. The number of hydrogen-bond donors (Lipinski definition) is 5. The molecule has 2 rings (SSSR count). The van der Waals surface area contributed by atoms with Crippen molar-refractivity contribution in [2.75, 3.05) is 6.61 Å². The highest BCUT2D eigenvalue weighted by Crippen LogP contribution is 2.36. The lowest BCUT2D eigenvalue weighted by atomic mass is 9.89. The van der Waals surface area contributed by atoms with Gasteiger partial charge in [0, 0.05) is 17.2 Å². The summed E-state index contributed by atoms with van der Waals surface area (Å²) >= 11 is 7.44. The molecule has 1 unspecified atom stereocenters. The largest absolute Gasteiger partial charge is 0.394 e. The fourth-order valence-electron chi connectivity index (χ4n) is 3.77. The number of allylic oxidation sites excluding steroid dienone is 2. The molecule has 29 heavy (non-hydrogen) atoms. The van der Waals surface area contributed by atoms with Gasteiger partial charge in [0.25, 0.3) is 0 Å². The Morgan fingerprint density at radius 1 is 1.14 bits per heavy atom. The molecular weight excluding hydrogens is 412 g/mol. The summed E-state index contributed by atoms with van der Waals surface area (Å²) < 4.78 is 0.744. The maximum absolute atomic E-state index is 10.3. The second-order valence-corrected chi connectivity index (χ2v) is 9.58. The number of hydrogen-bond acceptors (Lipinski definition) is 6. The van der Waals surface area contributed by atoms with Crippen LogP contribution < -0.4 is 0 Å². The second kappa shape index (κ2) is 12.8. The fourth-order valence-corrected chi connectivity index (χ4v) is 4.87. The summed E-state index contributed by atoms with van der Waals surface area (Å²) in [5, 5.41) is 49.0. The van der Waals surface area contributed by atoms with E-state index in [-0.39, 0.29) is 18.4 Å². The maximum atomic E-state index is 10.3. The first-order valence-electron chi connectivity index (χ1n) is 10.3. The number of aliphatic hydroxyl groups is 5. The minimum atomic E-state index is -0.659. The van der Waals surface area contributed by atoms with Gasteiger partial charge in [-0.3, -0.25) is 0 Å². The molecule has 1 fully saturated rings. The first kappa shape index (κ1) is 24.5. The summed E-state index contributed by atoms with van der Waals surface area (Å²) in [6, 6.07) is 3.82. The molecule has 0 spiro atoms. The summed E-state index contributed by atoms with van der Waals surface area (Å²) in [6.45, 7) is -0.212. The Hall–Kier alpha value is -0.730. The normalized spacial score (nSPS) is 27.2. The van der Waals surface area contributed by atoms with Crippen LogP contribution in [-0.4, -0.2) is 56.6 Å². The molecule has 7 heteroatoms. The molecule has 5 N–H and O–H groups in total. The van der Waals surface area contributed by atoms with E-state index in [2.05, 4.69) is 0 Å². The van der Waals surface area contributed by atoms with E-state index in [1.54, 1.807) is 6.08 Å². The Labute approximate surface area is 182 Å². The van der Waals surface area contributed by atoms with Crippen LogP contribution in [0.4, 0.5) is 0 Å². The van der Waals surface area contributed by atoms with E-state index in [1.165, 1.54) is 11.3 Å². The molecule has 0 aromatic carbocycles. The number of rotatable bonds is 12. The van der Waals surface area contributed by atoms with Crippen molar-refractivity contribution >= 4 is 22.9 Å². The minimum Gasteiger partial charge on any atom is -0.394 e. The van der Waals surface area contributed by atoms with Gasteiger partial charge in [0.15, 0.2) is 0 Å². The lowest BCUT2D eigenvalue weighted by Crippen LogP contribution is -2.20. The van der Waals surface area contributed by atoms with Crippen molar-refractivity contribution in [3.8, 4) is 0 Å². The summed E-state index contributed by atoms with van der Waals surface area (Å²) in [5.41, 5.74) is 0. The van der Waals surface area contributed by atoms with Gasteiger partial charge in [0.1, 0.15) is 0 Å². The van der Waals surface area contributed by atoms with Gasteiger partial charge in [0.2, 0.25) is 0 Å². The van der Waals surface area contributed by atoms with Crippen LogP contribution in [0.15, 0.2) is 36.4 Å². The fraction of sp³-hybridized carbons (Fsp3) is 0.636. The molecule has 0 aliphatic heterocycles. The highest BCUT2D eigenvalue weighted by Gasteiger charge is 2.39. The highest BCUT2D eigenvalue weighted by molar-refractivity contribution is 7.16. The molecule has 1 aromatic heterocycles. The van der Waals surface area contributed by atoms with Crippen LogP contribution in [0.25, 0.3) is 0 Å². The molecule has 0 radical (unpaired) electrons. The van der Waals surface area contributed by atoms with Crippen LogP contribution in [0, 0.1) is 11.8 Å². The van der Waals surface area contributed by atoms with E-state index in [9.17, 15) is 20.4 Å². The Morgan fingerprint density at radius 2 is 1.93 bits per heavy atom. The summed E-state index contributed by atoms with van der Waals surface area (Å²) in [6.07, 6.45) is 9.66. The molecule has 1 aliphatic carbocycles. The number of thiophene rings is 1. The Bertz CT molecular complexity index is 647. The average Bonchev–Trinajstić information content (AvgIpc) is 3.23. The molecule has 1 aliphatic rings. The van der Waals surface area contributed by atoms with Crippen molar-refractivity contribution in [1.82, 2.24) is 0 Å². The molecule has 0 amide bonds. The Kier molecular flexibility index (Phi) is 10.9. The molecule has 5 nitrogen and oxygen atoms in total. The molecule has 6 atom stereocenters. The number of aryl methyl sites for hydroxylation is 1. The van der Waals surface area contributed by atoms with Gasteiger partial charge < -0.3 is 25.5 Å². The van der Waals surface area contributed by atoms with Gasteiger partial charge in [-0.25, -0.2) is 0 Å². The van der Waals surface area contributed by atoms with Crippen LogP contribution in [0.2, 0.25) is 4.34 Å². The molecule has 0 saturated heterocycles. The second-order valence-electron chi connectivity index (χ2n) is 7.78. The third kappa shape index (κ3) is 8.50. The first-order chi connectivity index (χ1) is 13.9. The molecule has 1 saturated carbocycles. The summed E-state index contributed by atoms with van der Waals surface area (Å²) in [7, 11) is 0. The molecule has 0 bridgehead atoms. The zero-order valence-corrected chi connectivity index (χ0v) is 18.2. The third-order valence-corrected chi connectivity index (χ3v) is 6.77. The van der Waals surface area contributed by atoms with Gasteiger partial charge in [-0.1, -0.05) is 35.9 Å². The topological polar surface area (TPSA) is 101 Å². The van der Waals surface area contributed by atoms with E-state index in [1.807, 2.05) is 30.4 Å². The molecule has 1 heterocycles. The zero-order valence-electron chi connectivity index (χ0n) is 16.6. The van der Waals surface area contributed by atoms with Crippen LogP contribution in [-0.2, 0) is 6.42 Å². The predicted octanol–water partition coefficient (Wildman–Crippen LogP) is 3.08. The lowest BCUT2D eigenvalue weighted by Gasteiger charge is -2.19. The summed E-state index contributed by atoms with van der Waals surface area (Å²) in [4.78, 5) is 1.13. The van der Waals surface area contributed by atoms with Crippen LogP contribution in [0.1, 0.15) is 43.4 Å². The van der Waals surface area contributed by atoms with Crippen molar-refractivity contribution < 1.29 is 25.5 Å². The monoisotopic (exact) mass is 444 g/mol. The van der Waals surface area contributed by atoms with E-state index in [4.69, 9.17) is 16.7 Å². The predicted molar refractivity (Wildman–Crippen MR) is 117 cm³/mol. The van der Waals surface area contributed by atoms with Gasteiger partial charge >= 0.3 is 0 Å². The van der Waals surface area contributed by atoms with Crippen molar-refractivity contribution in [3.05, 3.63) is 45.7 Å². The van der Waals surface area contributed by atoms with Crippen molar-refractivity contribution in [3.63, 3.8) is 0 Å². The first-order valence-corrected chi connectivity index (χ1v) is 11.5. The molecular formula is C22H33ClO5S. The number of halogens is 1. The number of unbranched alkanes of at least 4 members (excludes halogenated alkanes) is 1. The average molecular weight is 445 g/mol. The van der Waals surface area contributed by atoms with E-state index >= 15 is 0 Å². The van der Waals surface area contributed by atoms with Gasteiger partial charge in [-0.05, 0) is 56.6 Å². The highest BCUT2D eigenvalue weighted by atomic mass is 35.5. The molecule has 164 valence electrons. The zero-order chi connectivity index (χ0) is 21.2. The number of aliphatic hydroxyl groups excluding tert-OH is 5. The Balaban J connectivity index is 1.79.